The van der Waals surface area contributed by atoms with Gasteiger partial charge < -0.3 is 10.0 Å². The zero-order chi connectivity index (χ0) is 13.8. The average Bonchev–Trinajstić information content (AvgIpc) is 2.38. The molecule has 19 heavy (non-hydrogen) atoms. The second-order valence-corrected chi connectivity index (χ2v) is 5.04. The van der Waals surface area contributed by atoms with E-state index < -0.39 is 5.97 Å². The number of carbonyl (C=O) groups is 2. The molecule has 1 N–H and O–H groups in total. The van der Waals surface area contributed by atoms with Crippen LogP contribution >= 0.6 is 0 Å². The van der Waals surface area contributed by atoms with E-state index in [1.807, 2.05) is 25.2 Å². The van der Waals surface area contributed by atoms with Crippen molar-refractivity contribution >= 4 is 17.4 Å². The van der Waals surface area contributed by atoms with Crippen LogP contribution in [0.5, 0.6) is 0 Å². The molecule has 1 heterocycles. The van der Waals surface area contributed by atoms with Gasteiger partial charge in [-0.05, 0) is 30.9 Å². The van der Waals surface area contributed by atoms with Crippen molar-refractivity contribution in [3.8, 4) is 0 Å². The highest BCUT2D eigenvalue weighted by molar-refractivity contribution is 5.97. The third-order valence-electron chi connectivity index (χ3n) is 3.55. The highest BCUT2D eigenvalue weighted by atomic mass is 16.4. The van der Waals surface area contributed by atoms with Crippen LogP contribution in [-0.4, -0.2) is 30.5 Å². The number of hydrogen-bond acceptors (Lipinski definition) is 3. The maximum Gasteiger partial charge on any atom is 0.303 e. The number of aliphatic carboxylic acids is 1. The Hall–Kier alpha value is -1.84. The minimum absolute atomic E-state index is 0.0306. The molecule has 1 aliphatic heterocycles. The van der Waals surface area contributed by atoms with Gasteiger partial charge in [-0.2, -0.15) is 0 Å². The quantitative estimate of drug-likeness (QED) is 0.827. The van der Waals surface area contributed by atoms with E-state index in [0.29, 0.717) is 18.4 Å². The maximum atomic E-state index is 12.0. The summed E-state index contributed by atoms with van der Waals surface area (Å²) in [5, 5.41) is 8.57. The Kier molecular flexibility index (Phi) is 4.20. The van der Waals surface area contributed by atoms with Crippen molar-refractivity contribution in [2.24, 2.45) is 0 Å². The Morgan fingerprint density at radius 1 is 1.32 bits per heavy atom. The fourth-order valence-electron chi connectivity index (χ4n) is 2.48. The molecule has 102 valence electrons. The van der Waals surface area contributed by atoms with Crippen molar-refractivity contribution in [1.29, 1.82) is 0 Å². The van der Waals surface area contributed by atoms with Crippen LogP contribution in [-0.2, 0) is 11.2 Å². The molecule has 4 nitrogen and oxygen atoms in total. The zero-order valence-corrected chi connectivity index (χ0v) is 11.2. The predicted octanol–water partition coefficient (Wildman–Crippen LogP) is 2.51. The lowest BCUT2D eigenvalue weighted by Gasteiger charge is -2.27. The minimum Gasteiger partial charge on any atom is -0.481 e. The van der Waals surface area contributed by atoms with Gasteiger partial charge in [0.2, 0.25) is 0 Å². The number of anilines is 1. The monoisotopic (exact) mass is 261 g/mol. The predicted molar refractivity (Wildman–Crippen MR) is 73.9 cm³/mol. The molecule has 0 bridgehead atoms. The normalized spacial score (nSPS) is 14.1. The smallest absolute Gasteiger partial charge is 0.303 e. The van der Waals surface area contributed by atoms with Crippen molar-refractivity contribution in [3.05, 3.63) is 29.3 Å². The molecule has 2 rings (SSSR count). The minimum atomic E-state index is -0.849. The van der Waals surface area contributed by atoms with E-state index in [4.69, 9.17) is 5.11 Å². The first-order valence-electron chi connectivity index (χ1n) is 6.67. The molecule has 0 fully saturated rings. The van der Waals surface area contributed by atoms with Gasteiger partial charge in [0.15, 0.2) is 5.78 Å². The fraction of sp³-hybridized carbons (Fsp3) is 0.467. The molecule has 0 unspecified atom stereocenters. The Morgan fingerprint density at radius 2 is 2.11 bits per heavy atom. The lowest BCUT2D eigenvalue weighted by molar-refractivity contribution is -0.137. The van der Waals surface area contributed by atoms with Gasteiger partial charge in [0.25, 0.3) is 0 Å². The molecule has 1 aromatic carbocycles. The molecule has 0 aromatic heterocycles. The van der Waals surface area contributed by atoms with Crippen LogP contribution in [0.25, 0.3) is 0 Å². The fourth-order valence-corrected chi connectivity index (χ4v) is 2.48. The molecule has 4 heteroatoms. The summed E-state index contributed by atoms with van der Waals surface area (Å²) in [4.78, 5) is 24.6. The lowest BCUT2D eigenvalue weighted by atomic mass is 9.97. The number of fused-ring (bicyclic) bond motifs is 1. The van der Waals surface area contributed by atoms with Crippen molar-refractivity contribution in [3.63, 3.8) is 0 Å². The number of carboxylic acid groups (broad SMARTS) is 1. The van der Waals surface area contributed by atoms with E-state index in [1.54, 1.807) is 0 Å². The SMILES string of the molecule is CN1CCCc2ccc(C(=O)CCCC(=O)O)cc21. The number of benzene rings is 1. The second kappa shape index (κ2) is 5.87. The summed E-state index contributed by atoms with van der Waals surface area (Å²) in [5.41, 5.74) is 3.11. The maximum absolute atomic E-state index is 12.0. The molecule has 1 aromatic rings. The Morgan fingerprint density at radius 3 is 2.84 bits per heavy atom. The first kappa shape index (κ1) is 13.6. The molecule has 0 saturated carbocycles. The van der Waals surface area contributed by atoms with E-state index in [9.17, 15) is 9.59 Å². The molecular formula is C15H19NO3. The molecule has 0 atom stereocenters. The van der Waals surface area contributed by atoms with Gasteiger partial charge in [0, 0.05) is 37.7 Å². The first-order valence-corrected chi connectivity index (χ1v) is 6.67. The summed E-state index contributed by atoms with van der Waals surface area (Å²) in [6, 6.07) is 5.83. The van der Waals surface area contributed by atoms with Crippen molar-refractivity contribution in [2.45, 2.75) is 32.1 Å². The van der Waals surface area contributed by atoms with Crippen LogP contribution in [0.4, 0.5) is 5.69 Å². The molecule has 1 aliphatic rings. The van der Waals surface area contributed by atoms with E-state index in [-0.39, 0.29) is 12.2 Å². The number of aryl methyl sites for hydroxylation is 1. The molecule has 0 amide bonds. The first-order chi connectivity index (χ1) is 9.08. The van der Waals surface area contributed by atoms with Crippen LogP contribution in [0.1, 0.15) is 41.6 Å². The van der Waals surface area contributed by atoms with Crippen LogP contribution in [0.2, 0.25) is 0 Å². The Balaban J connectivity index is 2.06. The summed E-state index contributed by atoms with van der Waals surface area (Å²) >= 11 is 0. The van der Waals surface area contributed by atoms with Gasteiger partial charge in [0.05, 0.1) is 0 Å². The summed E-state index contributed by atoms with van der Waals surface area (Å²) in [5.74, 6) is -0.819. The van der Waals surface area contributed by atoms with Gasteiger partial charge in [-0.1, -0.05) is 12.1 Å². The topological polar surface area (TPSA) is 57.6 Å². The average molecular weight is 261 g/mol. The second-order valence-electron chi connectivity index (χ2n) is 5.04. The summed E-state index contributed by atoms with van der Waals surface area (Å²) in [6.45, 7) is 1.02. The van der Waals surface area contributed by atoms with Gasteiger partial charge in [-0.25, -0.2) is 0 Å². The number of Topliss-reactive ketones (excluding diaryl/α,β-unsaturated/α-hetero) is 1. The van der Waals surface area contributed by atoms with Crippen molar-refractivity contribution in [1.82, 2.24) is 0 Å². The summed E-state index contributed by atoms with van der Waals surface area (Å²) < 4.78 is 0. The molecular weight excluding hydrogens is 242 g/mol. The molecule has 0 spiro atoms. The Labute approximate surface area is 113 Å². The number of hydrogen-bond donors (Lipinski definition) is 1. The number of carbonyl (C=O) groups excluding carboxylic acids is 1. The van der Waals surface area contributed by atoms with Crippen molar-refractivity contribution in [2.75, 3.05) is 18.5 Å². The highest BCUT2D eigenvalue weighted by Crippen LogP contribution is 2.27. The molecule has 0 saturated heterocycles. The number of rotatable bonds is 5. The van der Waals surface area contributed by atoms with E-state index in [2.05, 4.69) is 4.90 Å². The summed E-state index contributed by atoms with van der Waals surface area (Å²) in [6.07, 6.45) is 2.97. The third-order valence-corrected chi connectivity index (χ3v) is 3.55. The van der Waals surface area contributed by atoms with E-state index in [0.717, 1.165) is 25.1 Å². The lowest BCUT2D eigenvalue weighted by Crippen LogP contribution is -2.24. The van der Waals surface area contributed by atoms with Gasteiger partial charge in [-0.15, -0.1) is 0 Å². The number of carboxylic acids is 1. The standard InChI is InChI=1S/C15H19NO3/c1-16-9-3-4-11-7-8-12(10-13(11)16)14(17)5-2-6-15(18)19/h7-8,10H,2-6,9H2,1H3,(H,18,19). The van der Waals surface area contributed by atoms with E-state index in [1.165, 1.54) is 5.56 Å². The zero-order valence-electron chi connectivity index (χ0n) is 11.2. The molecule has 0 radical (unpaired) electrons. The van der Waals surface area contributed by atoms with Crippen LogP contribution in [0, 0.1) is 0 Å². The Bertz CT molecular complexity index is 496. The van der Waals surface area contributed by atoms with Crippen LogP contribution < -0.4 is 4.90 Å². The van der Waals surface area contributed by atoms with E-state index >= 15 is 0 Å². The highest BCUT2D eigenvalue weighted by Gasteiger charge is 2.16. The van der Waals surface area contributed by atoms with Gasteiger partial charge in [-0.3, -0.25) is 9.59 Å². The molecule has 0 aliphatic carbocycles. The number of ketones is 1. The van der Waals surface area contributed by atoms with Gasteiger partial charge in [0.1, 0.15) is 0 Å². The van der Waals surface area contributed by atoms with Gasteiger partial charge >= 0.3 is 5.97 Å². The van der Waals surface area contributed by atoms with Crippen LogP contribution in [0.15, 0.2) is 18.2 Å². The van der Waals surface area contributed by atoms with Crippen LogP contribution in [0.3, 0.4) is 0 Å². The number of nitrogens with zero attached hydrogens (tertiary/aromatic N) is 1. The summed E-state index contributed by atoms with van der Waals surface area (Å²) in [7, 11) is 2.04. The van der Waals surface area contributed by atoms with Crippen molar-refractivity contribution < 1.29 is 14.7 Å². The largest absolute Gasteiger partial charge is 0.481 e. The third kappa shape index (κ3) is 3.34.